The van der Waals surface area contributed by atoms with E-state index in [4.69, 9.17) is 5.73 Å². The average Bonchev–Trinajstić information content (AvgIpc) is 2.30. The van der Waals surface area contributed by atoms with Crippen molar-refractivity contribution in [3.05, 3.63) is 59.3 Å². The molecule has 0 unspecified atom stereocenters. The van der Waals surface area contributed by atoms with Crippen LogP contribution in [0.15, 0.2) is 42.6 Å². The van der Waals surface area contributed by atoms with Crippen LogP contribution in [0.1, 0.15) is 16.7 Å². The maximum atomic E-state index is 5.81. The standard InChI is InChI=1S/C14H16N2/c1-11-5-2-3-6-12(11)8-9-13-7-4-10-16-14(13)15/h2-7,10H,8-9H2,1H3,(H2,15,16). The van der Waals surface area contributed by atoms with Gasteiger partial charge in [0.15, 0.2) is 0 Å². The van der Waals surface area contributed by atoms with Crippen molar-refractivity contribution in [3.63, 3.8) is 0 Å². The Bertz CT molecular complexity index is 432. The SMILES string of the molecule is Cc1ccccc1CCc1cccnc1N. The molecule has 0 saturated heterocycles. The molecule has 2 aromatic rings. The van der Waals surface area contributed by atoms with E-state index in [1.54, 1.807) is 6.20 Å². The molecule has 1 aromatic heterocycles. The molecular formula is C14H16N2. The highest BCUT2D eigenvalue weighted by molar-refractivity contribution is 5.39. The van der Waals surface area contributed by atoms with E-state index in [-0.39, 0.29) is 0 Å². The van der Waals surface area contributed by atoms with Gasteiger partial charge in [-0.25, -0.2) is 4.98 Å². The molecule has 0 atom stereocenters. The third-order valence-electron chi connectivity index (χ3n) is 2.85. The Kier molecular flexibility index (Phi) is 3.20. The van der Waals surface area contributed by atoms with E-state index in [1.165, 1.54) is 11.1 Å². The molecule has 0 spiro atoms. The number of pyridine rings is 1. The quantitative estimate of drug-likeness (QED) is 0.849. The van der Waals surface area contributed by atoms with E-state index >= 15 is 0 Å². The van der Waals surface area contributed by atoms with Gasteiger partial charge < -0.3 is 5.73 Å². The van der Waals surface area contributed by atoms with E-state index in [1.807, 2.05) is 12.1 Å². The fourth-order valence-corrected chi connectivity index (χ4v) is 1.82. The van der Waals surface area contributed by atoms with E-state index in [9.17, 15) is 0 Å². The Hall–Kier alpha value is -1.83. The Labute approximate surface area is 96.1 Å². The second-order valence-corrected chi connectivity index (χ2v) is 3.97. The van der Waals surface area contributed by atoms with Crippen LogP contribution < -0.4 is 5.73 Å². The minimum absolute atomic E-state index is 0.649. The molecule has 0 saturated carbocycles. The van der Waals surface area contributed by atoms with Crippen molar-refractivity contribution >= 4 is 5.82 Å². The largest absolute Gasteiger partial charge is 0.383 e. The summed E-state index contributed by atoms with van der Waals surface area (Å²) < 4.78 is 0. The van der Waals surface area contributed by atoms with Gasteiger partial charge in [0.25, 0.3) is 0 Å². The van der Waals surface area contributed by atoms with Crippen molar-refractivity contribution in [1.82, 2.24) is 4.98 Å². The fourth-order valence-electron chi connectivity index (χ4n) is 1.82. The van der Waals surface area contributed by atoms with Gasteiger partial charge in [-0.1, -0.05) is 30.3 Å². The molecule has 2 nitrogen and oxygen atoms in total. The molecule has 1 heterocycles. The summed E-state index contributed by atoms with van der Waals surface area (Å²) in [5, 5.41) is 0. The molecule has 1 aromatic carbocycles. The summed E-state index contributed by atoms with van der Waals surface area (Å²) in [5.41, 5.74) is 9.66. The van der Waals surface area contributed by atoms with E-state index in [2.05, 4.69) is 36.2 Å². The first-order chi connectivity index (χ1) is 7.77. The van der Waals surface area contributed by atoms with Gasteiger partial charge in [0, 0.05) is 6.20 Å². The van der Waals surface area contributed by atoms with Crippen molar-refractivity contribution in [2.75, 3.05) is 5.73 Å². The molecule has 82 valence electrons. The number of anilines is 1. The first-order valence-corrected chi connectivity index (χ1v) is 5.51. The van der Waals surface area contributed by atoms with Crippen molar-refractivity contribution in [2.45, 2.75) is 19.8 Å². The number of benzene rings is 1. The first kappa shape index (κ1) is 10.7. The number of nitrogens with zero attached hydrogens (tertiary/aromatic N) is 1. The van der Waals surface area contributed by atoms with E-state index < -0.39 is 0 Å². The molecule has 0 aliphatic rings. The van der Waals surface area contributed by atoms with Crippen LogP contribution in [-0.4, -0.2) is 4.98 Å². The minimum Gasteiger partial charge on any atom is -0.383 e. The van der Waals surface area contributed by atoms with Gasteiger partial charge >= 0.3 is 0 Å². The van der Waals surface area contributed by atoms with Gasteiger partial charge in [-0.15, -0.1) is 0 Å². The van der Waals surface area contributed by atoms with Crippen molar-refractivity contribution in [3.8, 4) is 0 Å². The van der Waals surface area contributed by atoms with Crippen molar-refractivity contribution < 1.29 is 0 Å². The number of aromatic nitrogens is 1. The summed E-state index contributed by atoms with van der Waals surface area (Å²) in [4.78, 5) is 4.09. The van der Waals surface area contributed by atoms with Crippen LogP contribution in [0.4, 0.5) is 5.82 Å². The summed E-state index contributed by atoms with van der Waals surface area (Å²) in [5.74, 6) is 0.649. The lowest BCUT2D eigenvalue weighted by atomic mass is 10.0. The fraction of sp³-hybridized carbons (Fsp3) is 0.214. The van der Waals surface area contributed by atoms with E-state index in [0.717, 1.165) is 18.4 Å². The lowest BCUT2D eigenvalue weighted by molar-refractivity contribution is 0.944. The molecule has 2 N–H and O–H groups in total. The zero-order valence-corrected chi connectivity index (χ0v) is 9.48. The molecule has 0 aliphatic carbocycles. The number of aryl methyl sites for hydroxylation is 3. The van der Waals surface area contributed by atoms with Crippen molar-refractivity contribution in [2.24, 2.45) is 0 Å². The van der Waals surface area contributed by atoms with Gasteiger partial charge in [-0.3, -0.25) is 0 Å². The summed E-state index contributed by atoms with van der Waals surface area (Å²) in [6, 6.07) is 12.4. The predicted octanol–water partition coefficient (Wildman–Crippen LogP) is 2.76. The maximum absolute atomic E-state index is 5.81. The smallest absolute Gasteiger partial charge is 0.126 e. The lowest BCUT2D eigenvalue weighted by Crippen LogP contribution is -2.00. The van der Waals surface area contributed by atoms with Crippen LogP contribution in [-0.2, 0) is 12.8 Å². The highest BCUT2D eigenvalue weighted by Gasteiger charge is 2.01. The highest BCUT2D eigenvalue weighted by atomic mass is 14.8. The van der Waals surface area contributed by atoms with Crippen LogP contribution in [0.3, 0.4) is 0 Å². The van der Waals surface area contributed by atoms with Crippen LogP contribution in [0.5, 0.6) is 0 Å². The zero-order chi connectivity index (χ0) is 11.4. The number of hydrogen-bond acceptors (Lipinski definition) is 2. The van der Waals surface area contributed by atoms with Crippen LogP contribution in [0.2, 0.25) is 0 Å². The van der Waals surface area contributed by atoms with Gasteiger partial charge in [0.1, 0.15) is 5.82 Å². The second-order valence-electron chi connectivity index (χ2n) is 3.97. The summed E-state index contributed by atoms with van der Waals surface area (Å²) in [7, 11) is 0. The third kappa shape index (κ3) is 2.40. The molecule has 0 aliphatic heterocycles. The monoisotopic (exact) mass is 212 g/mol. The number of hydrogen-bond donors (Lipinski definition) is 1. The maximum Gasteiger partial charge on any atom is 0.126 e. The Morgan fingerprint density at radius 3 is 2.44 bits per heavy atom. The van der Waals surface area contributed by atoms with Gasteiger partial charge in [0.05, 0.1) is 0 Å². The van der Waals surface area contributed by atoms with Crippen LogP contribution in [0, 0.1) is 6.92 Å². The molecule has 2 rings (SSSR count). The van der Waals surface area contributed by atoms with Gasteiger partial charge in [-0.05, 0) is 42.5 Å². The predicted molar refractivity (Wildman–Crippen MR) is 67.2 cm³/mol. The normalized spacial score (nSPS) is 10.3. The second kappa shape index (κ2) is 4.79. The molecule has 0 amide bonds. The average molecular weight is 212 g/mol. The molecule has 0 bridgehead atoms. The number of nitrogen functional groups attached to an aromatic ring is 1. The Morgan fingerprint density at radius 2 is 1.69 bits per heavy atom. The van der Waals surface area contributed by atoms with Gasteiger partial charge in [0.2, 0.25) is 0 Å². The number of rotatable bonds is 3. The summed E-state index contributed by atoms with van der Waals surface area (Å²) >= 11 is 0. The molecule has 16 heavy (non-hydrogen) atoms. The van der Waals surface area contributed by atoms with Gasteiger partial charge in [-0.2, -0.15) is 0 Å². The molecule has 0 radical (unpaired) electrons. The summed E-state index contributed by atoms with van der Waals surface area (Å²) in [6.07, 6.45) is 3.69. The van der Waals surface area contributed by atoms with Crippen LogP contribution >= 0.6 is 0 Å². The molecular weight excluding hydrogens is 196 g/mol. The molecule has 2 heteroatoms. The minimum atomic E-state index is 0.649. The van der Waals surface area contributed by atoms with Crippen molar-refractivity contribution in [1.29, 1.82) is 0 Å². The van der Waals surface area contributed by atoms with Crippen LogP contribution in [0.25, 0.3) is 0 Å². The Morgan fingerprint density at radius 1 is 1.00 bits per heavy atom. The lowest BCUT2D eigenvalue weighted by Gasteiger charge is -2.06. The van der Waals surface area contributed by atoms with E-state index in [0.29, 0.717) is 5.82 Å². The first-order valence-electron chi connectivity index (χ1n) is 5.51. The Balaban J connectivity index is 2.09. The number of nitrogens with two attached hydrogens (primary N) is 1. The summed E-state index contributed by atoms with van der Waals surface area (Å²) in [6.45, 7) is 2.14. The zero-order valence-electron chi connectivity index (χ0n) is 9.48. The topological polar surface area (TPSA) is 38.9 Å². The highest BCUT2D eigenvalue weighted by Crippen LogP contribution is 2.14. The molecule has 0 fully saturated rings. The third-order valence-corrected chi connectivity index (χ3v) is 2.85.